The standard InChI is InChI=1S/C26H33NOS/c1-5-27(17-9-6-8-16-26(2,3)4)21-24-13-11-14-25(20-24)28-18-10-7-12-23-15-19-29-22-23/h6-7,9,11-15,19-20,22H,5,10,17-18,21H2,1-4H3/b9-6+,12-7+. The van der Waals surface area contributed by atoms with Crippen LogP contribution in [-0.4, -0.2) is 24.6 Å². The summed E-state index contributed by atoms with van der Waals surface area (Å²) in [6.07, 6.45) is 9.33. The highest BCUT2D eigenvalue weighted by atomic mass is 32.1. The molecular formula is C26H33NOS. The van der Waals surface area contributed by atoms with Crippen molar-refractivity contribution >= 4 is 17.4 Å². The van der Waals surface area contributed by atoms with Gasteiger partial charge in [-0.1, -0.05) is 49.1 Å². The smallest absolute Gasteiger partial charge is 0.119 e. The van der Waals surface area contributed by atoms with Gasteiger partial charge in [0.15, 0.2) is 0 Å². The van der Waals surface area contributed by atoms with Gasteiger partial charge < -0.3 is 4.74 Å². The maximum atomic E-state index is 5.93. The van der Waals surface area contributed by atoms with Gasteiger partial charge in [-0.15, -0.1) is 0 Å². The molecule has 0 atom stereocenters. The molecule has 0 N–H and O–H groups in total. The van der Waals surface area contributed by atoms with Crippen LogP contribution in [0.1, 0.15) is 45.2 Å². The first-order valence-electron chi connectivity index (χ1n) is 10.3. The summed E-state index contributed by atoms with van der Waals surface area (Å²) in [7, 11) is 0. The lowest BCUT2D eigenvalue weighted by atomic mass is 9.98. The van der Waals surface area contributed by atoms with Gasteiger partial charge in [0, 0.05) is 18.5 Å². The fourth-order valence-electron chi connectivity index (χ4n) is 2.65. The number of hydrogen-bond acceptors (Lipinski definition) is 3. The zero-order valence-corrected chi connectivity index (χ0v) is 19.0. The largest absolute Gasteiger partial charge is 0.493 e. The third-order valence-electron chi connectivity index (χ3n) is 4.17. The average Bonchev–Trinajstić information content (AvgIpc) is 3.19. The van der Waals surface area contributed by atoms with Crippen LogP contribution in [0.2, 0.25) is 0 Å². The van der Waals surface area contributed by atoms with E-state index in [1.54, 1.807) is 11.3 Å². The van der Waals surface area contributed by atoms with Gasteiger partial charge in [-0.3, -0.25) is 4.90 Å². The second-order valence-corrected chi connectivity index (χ2v) is 8.77. The van der Waals surface area contributed by atoms with Crippen molar-refractivity contribution < 1.29 is 4.74 Å². The van der Waals surface area contributed by atoms with Crippen LogP contribution >= 0.6 is 11.3 Å². The zero-order valence-electron chi connectivity index (χ0n) is 18.2. The Hall–Kier alpha value is -2.28. The average molecular weight is 408 g/mol. The molecule has 0 saturated heterocycles. The first-order chi connectivity index (χ1) is 14.0. The van der Waals surface area contributed by atoms with Gasteiger partial charge in [0.2, 0.25) is 0 Å². The Morgan fingerprint density at radius 3 is 2.76 bits per heavy atom. The van der Waals surface area contributed by atoms with E-state index in [-0.39, 0.29) is 5.41 Å². The van der Waals surface area contributed by atoms with E-state index in [9.17, 15) is 0 Å². The fraction of sp³-hybridized carbons (Fsp3) is 0.385. The SMILES string of the molecule is CCN(C/C=C/C#CC(C)(C)C)Cc1cccc(OCC/C=C/c2ccsc2)c1. The number of nitrogens with zero attached hydrogens (tertiary/aromatic N) is 1. The van der Waals surface area contributed by atoms with Gasteiger partial charge in [-0.05, 0) is 79.9 Å². The maximum absolute atomic E-state index is 5.93. The molecule has 0 aliphatic rings. The molecule has 154 valence electrons. The molecule has 3 heteroatoms. The van der Waals surface area contributed by atoms with E-state index in [2.05, 4.69) is 97.7 Å². The number of likely N-dealkylation sites (N-methyl/N-ethyl adjacent to an activating group) is 1. The van der Waals surface area contributed by atoms with Gasteiger partial charge >= 0.3 is 0 Å². The number of allylic oxidation sites excluding steroid dienone is 1. The van der Waals surface area contributed by atoms with Crippen LogP contribution in [0.5, 0.6) is 5.75 Å². The van der Waals surface area contributed by atoms with Crippen molar-refractivity contribution in [2.24, 2.45) is 5.41 Å². The van der Waals surface area contributed by atoms with Crippen LogP contribution in [0, 0.1) is 17.3 Å². The van der Waals surface area contributed by atoms with Crippen molar-refractivity contribution in [2.75, 3.05) is 19.7 Å². The van der Waals surface area contributed by atoms with Crippen molar-refractivity contribution in [1.29, 1.82) is 0 Å². The normalized spacial score (nSPS) is 11.9. The minimum Gasteiger partial charge on any atom is -0.493 e. The van der Waals surface area contributed by atoms with E-state index in [1.165, 1.54) is 11.1 Å². The van der Waals surface area contributed by atoms with Crippen LogP contribution in [0.4, 0.5) is 0 Å². The molecule has 0 bridgehead atoms. The summed E-state index contributed by atoms with van der Waals surface area (Å²) >= 11 is 1.72. The van der Waals surface area contributed by atoms with Crippen molar-refractivity contribution in [3.8, 4) is 17.6 Å². The van der Waals surface area contributed by atoms with E-state index in [4.69, 9.17) is 4.74 Å². The van der Waals surface area contributed by atoms with Gasteiger partial charge in [-0.25, -0.2) is 0 Å². The Labute approximate surface area is 180 Å². The van der Waals surface area contributed by atoms with Crippen LogP contribution in [0.3, 0.4) is 0 Å². The molecule has 2 aromatic rings. The molecule has 0 radical (unpaired) electrons. The third-order valence-corrected chi connectivity index (χ3v) is 4.87. The Morgan fingerprint density at radius 1 is 1.17 bits per heavy atom. The zero-order chi connectivity index (χ0) is 21.0. The number of hydrogen-bond donors (Lipinski definition) is 0. The first-order valence-corrected chi connectivity index (χ1v) is 11.2. The second kappa shape index (κ2) is 12.3. The molecule has 0 aliphatic carbocycles. The predicted molar refractivity (Wildman–Crippen MR) is 127 cm³/mol. The topological polar surface area (TPSA) is 12.5 Å². The molecule has 0 spiro atoms. The Kier molecular flexibility index (Phi) is 9.77. The molecule has 0 saturated carbocycles. The van der Waals surface area contributed by atoms with Crippen LogP contribution < -0.4 is 4.74 Å². The van der Waals surface area contributed by atoms with Gasteiger partial charge in [0.25, 0.3) is 0 Å². The van der Waals surface area contributed by atoms with E-state index in [0.29, 0.717) is 6.61 Å². The summed E-state index contributed by atoms with van der Waals surface area (Å²) in [6.45, 7) is 12.1. The highest BCUT2D eigenvalue weighted by Gasteiger charge is 2.04. The van der Waals surface area contributed by atoms with E-state index < -0.39 is 0 Å². The lowest BCUT2D eigenvalue weighted by Crippen LogP contribution is -2.22. The Balaban J connectivity index is 1.79. The predicted octanol–water partition coefficient (Wildman–Crippen LogP) is 6.66. The van der Waals surface area contributed by atoms with Gasteiger partial charge in [0.1, 0.15) is 5.75 Å². The van der Waals surface area contributed by atoms with Crippen molar-refractivity contribution in [3.63, 3.8) is 0 Å². The molecule has 1 aromatic carbocycles. The monoisotopic (exact) mass is 407 g/mol. The third kappa shape index (κ3) is 10.2. The van der Waals surface area contributed by atoms with Gasteiger partial charge in [-0.2, -0.15) is 11.3 Å². The molecule has 0 aliphatic heterocycles. The van der Waals surface area contributed by atoms with E-state index in [1.807, 2.05) is 12.1 Å². The number of rotatable bonds is 10. The lowest BCUT2D eigenvalue weighted by Gasteiger charge is -2.18. The maximum Gasteiger partial charge on any atom is 0.119 e. The van der Waals surface area contributed by atoms with Crippen molar-refractivity contribution in [2.45, 2.75) is 40.7 Å². The summed E-state index contributed by atoms with van der Waals surface area (Å²) in [5.41, 5.74) is 2.58. The van der Waals surface area contributed by atoms with Crippen molar-refractivity contribution in [1.82, 2.24) is 4.90 Å². The molecular weight excluding hydrogens is 374 g/mol. The summed E-state index contributed by atoms with van der Waals surface area (Å²) in [5.74, 6) is 7.31. The quantitative estimate of drug-likeness (QED) is 0.322. The Morgan fingerprint density at radius 2 is 2.03 bits per heavy atom. The van der Waals surface area contributed by atoms with Crippen molar-refractivity contribution in [3.05, 3.63) is 70.4 Å². The second-order valence-electron chi connectivity index (χ2n) is 7.99. The molecule has 2 rings (SSSR count). The molecule has 2 nitrogen and oxygen atoms in total. The first kappa shape index (κ1) is 23.0. The molecule has 0 amide bonds. The molecule has 0 fully saturated rings. The summed E-state index contributed by atoms with van der Waals surface area (Å²) in [5, 5.41) is 4.24. The summed E-state index contributed by atoms with van der Waals surface area (Å²) in [6, 6.07) is 10.5. The van der Waals surface area contributed by atoms with E-state index >= 15 is 0 Å². The number of benzene rings is 1. The lowest BCUT2D eigenvalue weighted by molar-refractivity contribution is 0.307. The molecule has 1 heterocycles. The fourth-order valence-corrected chi connectivity index (χ4v) is 3.28. The molecule has 1 aromatic heterocycles. The van der Waals surface area contributed by atoms with E-state index in [0.717, 1.165) is 31.8 Å². The van der Waals surface area contributed by atoms with Crippen LogP contribution in [0.25, 0.3) is 6.08 Å². The highest BCUT2D eigenvalue weighted by Crippen LogP contribution is 2.16. The minimum atomic E-state index is 0.0505. The van der Waals surface area contributed by atoms with Gasteiger partial charge in [0.05, 0.1) is 6.61 Å². The van der Waals surface area contributed by atoms with Crippen LogP contribution in [0.15, 0.2) is 59.3 Å². The molecule has 29 heavy (non-hydrogen) atoms. The van der Waals surface area contributed by atoms with Crippen LogP contribution in [-0.2, 0) is 6.54 Å². The number of thiophene rings is 1. The summed E-state index contributed by atoms with van der Waals surface area (Å²) in [4.78, 5) is 2.39. The molecule has 0 unspecified atom stereocenters. The minimum absolute atomic E-state index is 0.0505. The number of ether oxygens (including phenoxy) is 1. The highest BCUT2D eigenvalue weighted by molar-refractivity contribution is 7.08. The summed E-state index contributed by atoms with van der Waals surface area (Å²) < 4.78 is 5.93. The Bertz CT molecular complexity index is 832.